The van der Waals surface area contributed by atoms with Gasteiger partial charge in [-0.15, -0.1) is 0 Å². The topological polar surface area (TPSA) is 285 Å². The SMILES string of the molecule is NC1CCCCC1.NC1CCCCC1.Nc1ncnc2c1ncn2C1OC(COP(=O)(O)OP(=O)(O)O)C(O)C1O. The highest BCUT2D eigenvalue weighted by molar-refractivity contribution is 7.60. The Morgan fingerprint density at radius 3 is 1.95 bits per heavy atom. The first-order chi connectivity index (χ1) is 19.3. The van der Waals surface area contributed by atoms with E-state index in [1.165, 1.54) is 75.1 Å². The number of aliphatic hydroxyl groups excluding tert-OH is 2. The Morgan fingerprint density at radius 2 is 1.46 bits per heavy atom. The van der Waals surface area contributed by atoms with Gasteiger partial charge in [0.25, 0.3) is 0 Å². The molecule has 19 heteroatoms. The minimum absolute atomic E-state index is 0.0856. The summed E-state index contributed by atoms with van der Waals surface area (Å²) >= 11 is 0. The number of phosphoric ester groups is 1. The van der Waals surface area contributed by atoms with Crippen LogP contribution in [0.5, 0.6) is 0 Å². The Hall–Kier alpha value is -1.59. The second kappa shape index (κ2) is 15.2. The van der Waals surface area contributed by atoms with Crippen LogP contribution in [-0.4, -0.2) is 81.4 Å². The second-order valence-corrected chi connectivity index (χ2v) is 13.1. The molecule has 0 bridgehead atoms. The van der Waals surface area contributed by atoms with Gasteiger partial charge >= 0.3 is 15.6 Å². The summed E-state index contributed by atoms with van der Waals surface area (Å²) in [6, 6.07) is 1.07. The van der Waals surface area contributed by atoms with E-state index in [1.54, 1.807) is 0 Å². The average molecular weight is 626 g/mol. The zero-order chi connectivity index (χ0) is 30.2. The maximum Gasteiger partial charge on any atom is 0.481 e. The van der Waals surface area contributed by atoms with Crippen LogP contribution in [0.3, 0.4) is 0 Å². The van der Waals surface area contributed by atoms with E-state index < -0.39 is 46.8 Å². The number of fused-ring (bicyclic) bond motifs is 1. The van der Waals surface area contributed by atoms with Crippen LogP contribution in [0.4, 0.5) is 5.82 Å². The smallest absolute Gasteiger partial charge is 0.387 e. The van der Waals surface area contributed by atoms with Crippen LogP contribution in [0, 0.1) is 0 Å². The zero-order valence-electron chi connectivity index (χ0n) is 22.6. The highest BCUT2D eigenvalue weighted by Gasteiger charge is 2.46. The molecule has 234 valence electrons. The molecule has 0 aromatic carbocycles. The van der Waals surface area contributed by atoms with Crippen molar-refractivity contribution in [3.05, 3.63) is 12.7 Å². The van der Waals surface area contributed by atoms with Gasteiger partial charge in [-0.2, -0.15) is 4.31 Å². The maximum absolute atomic E-state index is 11.5. The number of imidazole rings is 1. The third kappa shape index (κ3) is 10.6. The number of rotatable bonds is 6. The molecule has 41 heavy (non-hydrogen) atoms. The van der Waals surface area contributed by atoms with Crippen LogP contribution >= 0.6 is 15.6 Å². The second-order valence-electron chi connectivity index (χ2n) is 10.3. The molecule has 0 amide bonds. The fourth-order valence-electron chi connectivity index (χ4n) is 4.75. The van der Waals surface area contributed by atoms with Gasteiger partial charge in [0, 0.05) is 12.1 Å². The van der Waals surface area contributed by atoms with Gasteiger partial charge in [0.15, 0.2) is 17.7 Å². The van der Waals surface area contributed by atoms with Gasteiger partial charge in [-0.25, -0.2) is 24.1 Å². The lowest BCUT2D eigenvalue weighted by Crippen LogP contribution is -2.33. The Kier molecular flexibility index (Phi) is 12.6. The summed E-state index contributed by atoms with van der Waals surface area (Å²) in [6.45, 7) is -0.813. The number of nitrogen functional groups attached to an aromatic ring is 1. The van der Waals surface area contributed by atoms with Crippen molar-refractivity contribution in [3.63, 3.8) is 0 Å². The molecular formula is C22H41N7O10P2. The van der Waals surface area contributed by atoms with Crippen LogP contribution in [-0.2, 0) is 22.7 Å². The number of aliphatic hydroxyl groups is 2. The molecule has 5 atom stereocenters. The van der Waals surface area contributed by atoms with Crippen LogP contribution in [0.1, 0.15) is 70.4 Å². The zero-order valence-corrected chi connectivity index (χ0v) is 24.4. The van der Waals surface area contributed by atoms with Gasteiger partial charge in [0.05, 0.1) is 12.9 Å². The molecule has 11 N–H and O–H groups in total. The number of aromatic nitrogens is 4. The summed E-state index contributed by atoms with van der Waals surface area (Å²) in [5.74, 6) is 0.0856. The first-order valence-electron chi connectivity index (χ1n) is 13.5. The van der Waals surface area contributed by atoms with Crippen molar-refractivity contribution < 1.29 is 47.6 Å². The van der Waals surface area contributed by atoms with E-state index in [-0.39, 0.29) is 17.0 Å². The lowest BCUT2D eigenvalue weighted by Gasteiger charge is -2.17. The molecule has 17 nitrogen and oxygen atoms in total. The van der Waals surface area contributed by atoms with Gasteiger partial charge in [0.1, 0.15) is 30.2 Å². The Labute approximate surface area is 237 Å². The van der Waals surface area contributed by atoms with Crippen LogP contribution in [0.15, 0.2) is 12.7 Å². The largest absolute Gasteiger partial charge is 0.481 e. The molecule has 1 aliphatic heterocycles. The van der Waals surface area contributed by atoms with Crippen molar-refractivity contribution in [2.45, 2.75) is 101 Å². The van der Waals surface area contributed by atoms with Crippen LogP contribution < -0.4 is 17.2 Å². The number of anilines is 1. The fourth-order valence-corrected chi connectivity index (χ4v) is 6.35. The van der Waals surface area contributed by atoms with Gasteiger partial charge < -0.3 is 46.8 Å². The number of phosphoric acid groups is 2. The molecule has 5 unspecified atom stereocenters. The van der Waals surface area contributed by atoms with E-state index >= 15 is 0 Å². The van der Waals surface area contributed by atoms with Crippen LogP contribution in [0.2, 0.25) is 0 Å². The Balaban J connectivity index is 0.000000267. The standard InChI is InChI=1S/C10H15N5O10P2.2C6H13N/c11-8-5-9(13-2-12-8)15(3-14-5)10-7(17)6(16)4(24-10)1-23-27(21,22)25-26(18,19)20;2*7-6-4-2-1-3-5-6/h2-4,6-7,10,16-17H,1H2,(H,21,22)(H2,11,12,13)(H2,18,19,20);2*6H,1-5,7H2. The summed E-state index contributed by atoms with van der Waals surface area (Å²) in [6.07, 6.45) is 10.1. The third-order valence-electron chi connectivity index (χ3n) is 6.91. The Morgan fingerprint density at radius 1 is 0.902 bits per heavy atom. The molecular weight excluding hydrogens is 584 g/mol. The van der Waals surface area contributed by atoms with Gasteiger partial charge in [-0.1, -0.05) is 38.5 Å². The maximum atomic E-state index is 11.5. The molecule has 0 spiro atoms. The van der Waals surface area contributed by atoms with Crippen molar-refractivity contribution in [3.8, 4) is 0 Å². The van der Waals surface area contributed by atoms with Crippen LogP contribution in [0.25, 0.3) is 11.2 Å². The number of nitrogens with zero attached hydrogens (tertiary/aromatic N) is 4. The highest BCUT2D eigenvalue weighted by Crippen LogP contribution is 2.57. The minimum atomic E-state index is -5.29. The van der Waals surface area contributed by atoms with E-state index in [0.717, 1.165) is 6.33 Å². The Bertz CT molecular complexity index is 1170. The molecule has 1 saturated heterocycles. The quantitative estimate of drug-likeness (QED) is 0.206. The number of hydrogen-bond donors (Lipinski definition) is 8. The first-order valence-corrected chi connectivity index (χ1v) is 16.5. The lowest BCUT2D eigenvalue weighted by atomic mass is 9.97. The summed E-state index contributed by atoms with van der Waals surface area (Å²) in [5.41, 5.74) is 17.4. The molecule has 0 radical (unpaired) electrons. The molecule has 2 aromatic rings. The van der Waals surface area contributed by atoms with E-state index in [9.17, 15) is 24.2 Å². The molecule has 3 heterocycles. The summed E-state index contributed by atoms with van der Waals surface area (Å²) in [5, 5.41) is 20.3. The van der Waals surface area contributed by atoms with E-state index in [2.05, 4.69) is 23.8 Å². The normalized spacial score (nSPS) is 27.4. The van der Waals surface area contributed by atoms with Crippen molar-refractivity contribution in [1.82, 2.24) is 19.5 Å². The predicted molar refractivity (Wildman–Crippen MR) is 147 cm³/mol. The van der Waals surface area contributed by atoms with E-state index in [4.69, 9.17) is 31.7 Å². The summed E-state index contributed by atoms with van der Waals surface area (Å²) < 4.78 is 36.8. The first kappa shape index (κ1) is 33.9. The fraction of sp³-hybridized carbons (Fsp3) is 0.773. The lowest BCUT2D eigenvalue weighted by molar-refractivity contribution is -0.0503. The number of hydrogen-bond acceptors (Lipinski definition) is 13. The molecule has 5 rings (SSSR count). The molecule has 2 aliphatic carbocycles. The number of ether oxygens (including phenoxy) is 1. The molecule has 2 aromatic heterocycles. The third-order valence-corrected chi connectivity index (χ3v) is 9.06. The molecule has 3 fully saturated rings. The monoisotopic (exact) mass is 625 g/mol. The summed E-state index contributed by atoms with van der Waals surface area (Å²) in [7, 11) is -10.4. The van der Waals surface area contributed by atoms with Crippen molar-refractivity contribution in [1.29, 1.82) is 0 Å². The highest BCUT2D eigenvalue weighted by atomic mass is 31.3. The average Bonchev–Trinajstić information content (AvgIpc) is 3.45. The predicted octanol–water partition coefficient (Wildman–Crippen LogP) is 0.810. The van der Waals surface area contributed by atoms with Crippen molar-refractivity contribution in [2.24, 2.45) is 11.5 Å². The van der Waals surface area contributed by atoms with E-state index in [0.29, 0.717) is 12.1 Å². The molecule has 3 aliphatic rings. The van der Waals surface area contributed by atoms with Gasteiger partial charge in [-0.3, -0.25) is 9.09 Å². The van der Waals surface area contributed by atoms with Gasteiger partial charge in [-0.05, 0) is 25.7 Å². The van der Waals surface area contributed by atoms with Gasteiger partial charge in [0.2, 0.25) is 0 Å². The summed E-state index contributed by atoms with van der Waals surface area (Å²) in [4.78, 5) is 38.1. The van der Waals surface area contributed by atoms with Crippen molar-refractivity contribution >= 4 is 32.6 Å². The van der Waals surface area contributed by atoms with E-state index in [1.807, 2.05) is 0 Å². The minimum Gasteiger partial charge on any atom is -0.387 e. The molecule has 2 saturated carbocycles. The number of nitrogens with two attached hydrogens (primary N) is 3. The van der Waals surface area contributed by atoms with Crippen molar-refractivity contribution in [2.75, 3.05) is 12.3 Å².